The maximum Gasteiger partial charge on any atom is 0.271 e. The summed E-state index contributed by atoms with van der Waals surface area (Å²) >= 11 is 2.97. The van der Waals surface area contributed by atoms with Gasteiger partial charge < -0.3 is 4.74 Å². The molecule has 2 aromatic heterocycles. The second kappa shape index (κ2) is 6.54. The summed E-state index contributed by atoms with van der Waals surface area (Å²) in [6.07, 6.45) is 0. The van der Waals surface area contributed by atoms with Gasteiger partial charge in [-0.05, 0) is 30.0 Å². The highest BCUT2D eigenvalue weighted by atomic mass is 32.2. The van der Waals surface area contributed by atoms with Gasteiger partial charge in [0, 0.05) is 12.8 Å². The van der Waals surface area contributed by atoms with E-state index in [1.165, 1.54) is 23.1 Å². The van der Waals surface area contributed by atoms with E-state index in [4.69, 9.17) is 4.74 Å². The first-order chi connectivity index (χ1) is 10.7. The van der Waals surface area contributed by atoms with Gasteiger partial charge in [0.1, 0.15) is 10.4 Å². The van der Waals surface area contributed by atoms with Gasteiger partial charge in [-0.25, -0.2) is 4.98 Å². The fourth-order valence-electron chi connectivity index (χ4n) is 2.10. The highest BCUT2D eigenvalue weighted by molar-refractivity contribution is 7.99. The first-order valence-corrected chi connectivity index (χ1v) is 8.79. The summed E-state index contributed by atoms with van der Waals surface area (Å²) in [4.78, 5) is 16.7. The topological polar surface area (TPSA) is 44.1 Å². The number of thiophene rings is 1. The summed E-state index contributed by atoms with van der Waals surface area (Å²) in [5.74, 6) is 1.64. The van der Waals surface area contributed by atoms with Crippen molar-refractivity contribution in [2.24, 2.45) is 7.05 Å². The van der Waals surface area contributed by atoms with E-state index in [1.54, 1.807) is 11.6 Å². The summed E-state index contributed by atoms with van der Waals surface area (Å²) in [5, 5.41) is 2.62. The third-order valence-corrected chi connectivity index (χ3v) is 5.20. The number of fused-ring (bicyclic) bond motifs is 1. The summed E-state index contributed by atoms with van der Waals surface area (Å²) in [6, 6.07) is 9.83. The Morgan fingerprint density at radius 3 is 2.95 bits per heavy atom. The van der Waals surface area contributed by atoms with Gasteiger partial charge in [0.25, 0.3) is 5.56 Å². The summed E-state index contributed by atoms with van der Waals surface area (Å²) in [5.41, 5.74) is 1.91. The summed E-state index contributed by atoms with van der Waals surface area (Å²) in [7, 11) is 1.76. The normalized spacial score (nSPS) is 11.0. The van der Waals surface area contributed by atoms with E-state index in [0.29, 0.717) is 11.3 Å². The predicted molar refractivity (Wildman–Crippen MR) is 92.3 cm³/mol. The number of hydrogen-bond acceptors (Lipinski definition) is 5. The number of hydrogen-bond donors (Lipinski definition) is 0. The van der Waals surface area contributed by atoms with Crippen molar-refractivity contribution >= 4 is 33.3 Å². The Labute approximate surface area is 136 Å². The van der Waals surface area contributed by atoms with Gasteiger partial charge in [-0.2, -0.15) is 0 Å². The van der Waals surface area contributed by atoms with Crippen LogP contribution in [0.25, 0.3) is 10.2 Å². The maximum absolute atomic E-state index is 12.2. The monoisotopic (exact) mass is 332 g/mol. The molecule has 0 aliphatic heterocycles. The van der Waals surface area contributed by atoms with Gasteiger partial charge in [-0.3, -0.25) is 9.36 Å². The van der Waals surface area contributed by atoms with E-state index in [0.717, 1.165) is 27.7 Å². The second-order valence-electron chi connectivity index (χ2n) is 4.86. The zero-order valence-corrected chi connectivity index (χ0v) is 14.0. The Morgan fingerprint density at radius 1 is 1.32 bits per heavy atom. The van der Waals surface area contributed by atoms with E-state index in [2.05, 4.69) is 4.98 Å². The smallest absolute Gasteiger partial charge is 0.271 e. The summed E-state index contributed by atoms with van der Waals surface area (Å²) < 4.78 is 8.09. The third-order valence-electron chi connectivity index (χ3n) is 3.31. The Hall–Kier alpha value is -1.79. The third kappa shape index (κ3) is 3.03. The molecular formula is C16H16N2O2S2. The van der Waals surface area contributed by atoms with Gasteiger partial charge in [-0.1, -0.05) is 30.0 Å². The molecule has 0 saturated carbocycles. The molecule has 0 fully saturated rings. The van der Waals surface area contributed by atoms with Gasteiger partial charge in [0.2, 0.25) is 0 Å². The fourth-order valence-corrected chi connectivity index (χ4v) is 3.69. The largest absolute Gasteiger partial charge is 0.492 e. The molecule has 0 spiro atoms. The van der Waals surface area contributed by atoms with E-state index < -0.39 is 0 Å². The van der Waals surface area contributed by atoms with Gasteiger partial charge >= 0.3 is 0 Å². The van der Waals surface area contributed by atoms with Crippen LogP contribution < -0.4 is 10.3 Å². The molecule has 1 aromatic carbocycles. The van der Waals surface area contributed by atoms with Crippen molar-refractivity contribution in [3.05, 3.63) is 51.6 Å². The van der Waals surface area contributed by atoms with E-state index in [9.17, 15) is 4.79 Å². The minimum absolute atomic E-state index is 0.0160. The highest BCUT2D eigenvalue weighted by Crippen LogP contribution is 2.21. The fraction of sp³-hybridized carbons (Fsp3) is 0.250. The molecule has 6 heteroatoms. The Bertz CT molecular complexity index is 855. The lowest BCUT2D eigenvalue weighted by Crippen LogP contribution is -2.19. The highest BCUT2D eigenvalue weighted by Gasteiger charge is 2.09. The number of para-hydroxylation sites is 1. The van der Waals surface area contributed by atoms with Crippen LogP contribution in [-0.2, 0) is 7.05 Å². The maximum atomic E-state index is 12.2. The first kappa shape index (κ1) is 15.1. The molecule has 3 rings (SSSR count). The number of nitrogens with zero attached hydrogens (tertiary/aromatic N) is 2. The molecule has 114 valence electrons. The molecule has 0 aliphatic carbocycles. The Morgan fingerprint density at radius 2 is 2.14 bits per heavy atom. The predicted octanol–water partition coefficient (Wildman–Crippen LogP) is 3.47. The molecule has 3 aromatic rings. The van der Waals surface area contributed by atoms with Crippen molar-refractivity contribution in [3.63, 3.8) is 0 Å². The van der Waals surface area contributed by atoms with Crippen LogP contribution in [-0.4, -0.2) is 21.9 Å². The van der Waals surface area contributed by atoms with Crippen LogP contribution in [0, 0.1) is 6.92 Å². The second-order valence-corrected chi connectivity index (χ2v) is 6.83. The van der Waals surface area contributed by atoms with Crippen LogP contribution in [0.1, 0.15) is 5.56 Å². The van der Waals surface area contributed by atoms with Crippen LogP contribution in [0.2, 0.25) is 0 Å². The van der Waals surface area contributed by atoms with Crippen LogP contribution in [0.15, 0.2) is 45.7 Å². The van der Waals surface area contributed by atoms with Crippen molar-refractivity contribution in [2.75, 3.05) is 12.4 Å². The van der Waals surface area contributed by atoms with Crippen LogP contribution in [0.4, 0.5) is 0 Å². The first-order valence-electron chi connectivity index (χ1n) is 6.92. The van der Waals surface area contributed by atoms with Crippen molar-refractivity contribution < 1.29 is 4.74 Å². The summed E-state index contributed by atoms with van der Waals surface area (Å²) in [6.45, 7) is 2.60. The molecule has 0 amide bonds. The number of benzene rings is 1. The van der Waals surface area contributed by atoms with Crippen molar-refractivity contribution in [2.45, 2.75) is 12.1 Å². The van der Waals surface area contributed by atoms with Crippen molar-refractivity contribution in [1.29, 1.82) is 0 Å². The van der Waals surface area contributed by atoms with Crippen LogP contribution in [0.3, 0.4) is 0 Å². The average molecular weight is 332 g/mol. The minimum atomic E-state index is 0.0160. The van der Waals surface area contributed by atoms with E-state index >= 15 is 0 Å². The number of aryl methyl sites for hydroxylation is 1. The molecule has 0 aliphatic rings. The minimum Gasteiger partial charge on any atom is -0.492 e. The zero-order valence-electron chi connectivity index (χ0n) is 12.4. The lowest BCUT2D eigenvalue weighted by Gasteiger charge is -2.09. The molecule has 0 saturated heterocycles. The zero-order chi connectivity index (χ0) is 15.5. The number of ether oxygens (including phenoxy) is 1. The molecule has 0 atom stereocenters. The van der Waals surface area contributed by atoms with Crippen LogP contribution in [0.5, 0.6) is 5.75 Å². The number of rotatable bonds is 5. The molecule has 0 N–H and O–H groups in total. The van der Waals surface area contributed by atoms with Crippen LogP contribution >= 0.6 is 23.1 Å². The average Bonchev–Trinajstić information content (AvgIpc) is 2.98. The van der Waals surface area contributed by atoms with Gasteiger partial charge in [-0.15, -0.1) is 11.3 Å². The molecule has 0 unspecified atom stereocenters. The quantitative estimate of drug-likeness (QED) is 0.408. The Balaban J connectivity index is 1.66. The van der Waals surface area contributed by atoms with Gasteiger partial charge in [0.05, 0.1) is 12.1 Å². The number of thioether (sulfide) groups is 1. The SMILES string of the molecule is Cc1ccccc1OCCSc1nc2ccsc2c(=O)n1C. The Kier molecular flexibility index (Phi) is 4.49. The standard InChI is InChI=1S/C16H16N2O2S2/c1-11-5-3-4-6-13(11)20-8-10-22-16-17-12-7-9-21-14(12)15(19)18(16)2/h3-7,9H,8,10H2,1-2H3. The van der Waals surface area contributed by atoms with Crippen molar-refractivity contribution in [1.82, 2.24) is 9.55 Å². The lowest BCUT2D eigenvalue weighted by molar-refractivity contribution is 0.341. The molecule has 0 radical (unpaired) electrons. The molecule has 2 heterocycles. The molecule has 0 bridgehead atoms. The molecular weight excluding hydrogens is 316 g/mol. The molecule has 4 nitrogen and oxygen atoms in total. The lowest BCUT2D eigenvalue weighted by atomic mass is 10.2. The van der Waals surface area contributed by atoms with Gasteiger partial charge in [0.15, 0.2) is 5.16 Å². The number of aromatic nitrogens is 2. The van der Waals surface area contributed by atoms with E-state index in [1.807, 2.05) is 42.6 Å². The van der Waals surface area contributed by atoms with Crippen molar-refractivity contribution in [3.8, 4) is 5.75 Å². The van der Waals surface area contributed by atoms with E-state index in [-0.39, 0.29) is 5.56 Å². The molecule has 22 heavy (non-hydrogen) atoms.